The molecule has 1 saturated heterocycles. The highest BCUT2D eigenvalue weighted by Crippen LogP contribution is 2.41. The Labute approximate surface area is 144 Å². The normalized spacial score (nSPS) is 22.8. The van der Waals surface area contributed by atoms with Gasteiger partial charge in [-0.25, -0.2) is 9.37 Å². The lowest BCUT2D eigenvalue weighted by Crippen LogP contribution is -2.29. The first-order valence-corrected chi connectivity index (χ1v) is 9.51. The van der Waals surface area contributed by atoms with Gasteiger partial charge in [-0.3, -0.25) is 4.90 Å². The predicted molar refractivity (Wildman–Crippen MR) is 95.1 cm³/mol. The van der Waals surface area contributed by atoms with E-state index in [1.54, 1.807) is 23.5 Å². The van der Waals surface area contributed by atoms with Crippen molar-refractivity contribution in [3.63, 3.8) is 0 Å². The van der Waals surface area contributed by atoms with Crippen molar-refractivity contribution in [2.45, 2.75) is 38.8 Å². The van der Waals surface area contributed by atoms with Crippen LogP contribution in [0, 0.1) is 12.7 Å². The third kappa shape index (κ3) is 2.22. The molecule has 1 fully saturated rings. The lowest BCUT2D eigenvalue weighted by Gasteiger charge is -2.27. The Balaban J connectivity index is 1.74. The van der Waals surface area contributed by atoms with E-state index in [9.17, 15) is 4.39 Å². The van der Waals surface area contributed by atoms with Gasteiger partial charge in [0, 0.05) is 34.4 Å². The Morgan fingerprint density at radius 1 is 1.29 bits per heavy atom. The zero-order chi connectivity index (χ0) is 16.3. The Kier molecular flexibility index (Phi) is 3.28. The predicted octanol–water partition coefficient (Wildman–Crippen LogP) is 4.29. The fourth-order valence-electron chi connectivity index (χ4n) is 4.45. The zero-order valence-corrected chi connectivity index (χ0v) is 14.6. The van der Waals surface area contributed by atoms with Crippen LogP contribution >= 0.6 is 11.3 Å². The minimum absolute atomic E-state index is 0.140. The number of nitrogens with zero attached hydrogens (tertiary/aromatic N) is 3. The summed E-state index contributed by atoms with van der Waals surface area (Å²) in [5.41, 5.74) is 5.04. The summed E-state index contributed by atoms with van der Waals surface area (Å²) in [6.07, 6.45) is 2.42. The molecule has 0 atom stereocenters. The van der Waals surface area contributed by atoms with Crippen molar-refractivity contribution in [3.8, 4) is 0 Å². The van der Waals surface area contributed by atoms with Crippen molar-refractivity contribution in [1.82, 2.24) is 14.5 Å². The number of benzene rings is 1. The van der Waals surface area contributed by atoms with Crippen molar-refractivity contribution >= 4 is 22.2 Å². The van der Waals surface area contributed by atoms with Crippen LogP contribution in [0.1, 0.15) is 40.7 Å². The molecule has 3 aromatic rings. The molecule has 0 amide bonds. The Hall–Kier alpha value is -1.72. The fraction of sp³-hybridized carbons (Fsp3) is 0.421. The van der Waals surface area contributed by atoms with Gasteiger partial charge in [0.25, 0.3) is 0 Å². The summed E-state index contributed by atoms with van der Waals surface area (Å²) in [4.78, 5) is 7.17. The van der Waals surface area contributed by atoms with E-state index < -0.39 is 0 Å². The third-order valence-electron chi connectivity index (χ3n) is 5.52. The van der Waals surface area contributed by atoms with Crippen LogP contribution in [0.15, 0.2) is 23.6 Å². The lowest BCUT2D eigenvalue weighted by molar-refractivity contribution is 0.219. The van der Waals surface area contributed by atoms with Gasteiger partial charge in [-0.15, -0.1) is 11.3 Å². The fourth-order valence-corrected chi connectivity index (χ4v) is 5.05. The molecule has 0 aliphatic carbocycles. The first kappa shape index (κ1) is 14.6. The molecule has 6 rings (SSSR count). The van der Waals surface area contributed by atoms with E-state index in [4.69, 9.17) is 0 Å². The Morgan fingerprint density at radius 2 is 2.12 bits per heavy atom. The molecule has 0 N–H and O–H groups in total. The summed E-state index contributed by atoms with van der Waals surface area (Å²) in [7, 11) is 0. The number of thiazole rings is 1. The van der Waals surface area contributed by atoms with E-state index in [0.29, 0.717) is 5.92 Å². The summed E-state index contributed by atoms with van der Waals surface area (Å²) in [5, 5.41) is 4.34. The van der Waals surface area contributed by atoms with Crippen molar-refractivity contribution < 1.29 is 4.39 Å². The molecule has 0 radical (unpaired) electrons. The highest BCUT2D eigenvalue weighted by Gasteiger charge is 2.32. The standard InChI is InChI=1S/C19H20FN3S/c1-12-21-15(11-24-12)9-23-18-3-2-14(20)8-16(18)17-10-22-6-4-13(5-7-22)19(17)23/h2-3,8,11,13H,4-7,9-10H2,1H3. The monoisotopic (exact) mass is 341 g/mol. The molecule has 5 heteroatoms. The number of halogens is 1. The molecule has 0 unspecified atom stereocenters. The van der Waals surface area contributed by atoms with Gasteiger partial charge in [-0.1, -0.05) is 0 Å². The first-order chi connectivity index (χ1) is 11.7. The molecule has 124 valence electrons. The van der Waals surface area contributed by atoms with Gasteiger partial charge in [0.15, 0.2) is 0 Å². The summed E-state index contributed by atoms with van der Waals surface area (Å²) < 4.78 is 16.3. The molecule has 0 saturated carbocycles. The summed E-state index contributed by atoms with van der Waals surface area (Å²) in [5.74, 6) is 0.451. The molecule has 0 spiro atoms. The molecule has 3 aliphatic heterocycles. The van der Waals surface area contributed by atoms with Gasteiger partial charge in [0.2, 0.25) is 0 Å². The number of rotatable bonds is 2. The molecule has 3 nitrogen and oxygen atoms in total. The first-order valence-electron chi connectivity index (χ1n) is 8.63. The minimum Gasteiger partial charge on any atom is -0.338 e. The maximum atomic E-state index is 13.9. The highest BCUT2D eigenvalue weighted by molar-refractivity contribution is 7.09. The van der Waals surface area contributed by atoms with Gasteiger partial charge in [0.05, 0.1) is 17.2 Å². The van der Waals surface area contributed by atoms with Crippen LogP contribution in [0.4, 0.5) is 4.39 Å². The molecule has 5 heterocycles. The van der Waals surface area contributed by atoms with Crippen LogP contribution in [0.3, 0.4) is 0 Å². The third-order valence-corrected chi connectivity index (χ3v) is 6.34. The highest BCUT2D eigenvalue weighted by atomic mass is 32.1. The number of hydrogen-bond donors (Lipinski definition) is 0. The van der Waals surface area contributed by atoms with Gasteiger partial charge in [-0.05, 0) is 56.6 Å². The van der Waals surface area contributed by atoms with E-state index in [-0.39, 0.29) is 5.82 Å². The van der Waals surface area contributed by atoms with Gasteiger partial charge in [0.1, 0.15) is 5.82 Å². The smallest absolute Gasteiger partial charge is 0.123 e. The maximum absolute atomic E-state index is 13.9. The van der Waals surface area contributed by atoms with Crippen LogP contribution in [-0.2, 0) is 13.1 Å². The van der Waals surface area contributed by atoms with Crippen LogP contribution in [0.25, 0.3) is 10.9 Å². The van der Waals surface area contributed by atoms with E-state index in [1.807, 2.05) is 13.0 Å². The number of aromatic nitrogens is 2. The van der Waals surface area contributed by atoms with Gasteiger partial charge >= 0.3 is 0 Å². The molecule has 2 bridgehead atoms. The van der Waals surface area contributed by atoms with Crippen LogP contribution in [0.2, 0.25) is 0 Å². The van der Waals surface area contributed by atoms with Crippen molar-refractivity contribution in [1.29, 1.82) is 0 Å². The zero-order valence-electron chi connectivity index (χ0n) is 13.8. The van der Waals surface area contributed by atoms with Crippen LogP contribution < -0.4 is 0 Å². The van der Waals surface area contributed by atoms with Crippen LogP contribution in [0.5, 0.6) is 0 Å². The molecular weight excluding hydrogens is 321 g/mol. The van der Waals surface area contributed by atoms with Crippen molar-refractivity contribution in [2.24, 2.45) is 0 Å². The molecule has 24 heavy (non-hydrogen) atoms. The number of fused-ring (bicyclic) bond motifs is 3. The summed E-state index contributed by atoms with van der Waals surface area (Å²) in [6.45, 7) is 6.11. The average molecular weight is 341 g/mol. The second-order valence-corrected chi connectivity index (χ2v) is 8.08. The molecular formula is C19H20FN3S. The molecule has 2 aromatic heterocycles. The quantitative estimate of drug-likeness (QED) is 0.693. The maximum Gasteiger partial charge on any atom is 0.123 e. The molecule has 3 aliphatic rings. The lowest BCUT2D eigenvalue weighted by atomic mass is 9.94. The molecule has 1 aromatic carbocycles. The van der Waals surface area contributed by atoms with Gasteiger partial charge in [-0.2, -0.15) is 0 Å². The Bertz CT molecular complexity index is 918. The SMILES string of the molecule is Cc1nc(Cn2c3c(c4cc(F)ccc42)CN2CCC3CC2)cs1. The average Bonchev–Trinajstić information content (AvgIpc) is 2.98. The number of piperidine rings is 1. The van der Waals surface area contributed by atoms with Gasteiger partial charge < -0.3 is 4.57 Å². The summed E-state index contributed by atoms with van der Waals surface area (Å²) in [6, 6.07) is 5.26. The van der Waals surface area contributed by atoms with E-state index in [0.717, 1.165) is 47.8 Å². The number of aryl methyl sites for hydroxylation is 1. The van der Waals surface area contributed by atoms with E-state index in [2.05, 4.69) is 19.8 Å². The number of hydrogen-bond acceptors (Lipinski definition) is 3. The summed E-state index contributed by atoms with van der Waals surface area (Å²) >= 11 is 1.70. The van der Waals surface area contributed by atoms with E-state index in [1.165, 1.54) is 24.1 Å². The topological polar surface area (TPSA) is 21.1 Å². The second kappa shape index (κ2) is 5.39. The van der Waals surface area contributed by atoms with Crippen LogP contribution in [-0.4, -0.2) is 27.5 Å². The minimum atomic E-state index is -0.140. The largest absolute Gasteiger partial charge is 0.338 e. The Morgan fingerprint density at radius 3 is 2.88 bits per heavy atom. The van der Waals surface area contributed by atoms with Crippen molar-refractivity contribution in [3.05, 3.63) is 51.4 Å². The van der Waals surface area contributed by atoms with E-state index >= 15 is 0 Å². The van der Waals surface area contributed by atoms with Crippen molar-refractivity contribution in [2.75, 3.05) is 13.1 Å². The second-order valence-electron chi connectivity index (χ2n) is 7.02.